The molecule has 0 aromatic heterocycles. The molecular weight excluding hydrogens is 152 g/mol. The van der Waals surface area contributed by atoms with Crippen molar-refractivity contribution in [3.63, 3.8) is 0 Å². The van der Waals surface area contributed by atoms with E-state index in [2.05, 4.69) is 26.1 Å². The van der Waals surface area contributed by atoms with Gasteiger partial charge in [0.2, 0.25) is 5.91 Å². The first-order valence-electron chi connectivity index (χ1n) is 4.48. The number of carbonyl (C=O) groups is 1. The summed E-state index contributed by atoms with van der Waals surface area (Å²) in [5.41, 5.74) is 5.39. The zero-order valence-corrected chi connectivity index (χ0v) is 8.42. The first-order valence-corrected chi connectivity index (χ1v) is 4.48. The molecule has 2 unspecified atom stereocenters. The molecule has 0 aliphatic rings. The minimum atomic E-state index is -0.399. The van der Waals surface area contributed by atoms with E-state index in [0.717, 1.165) is 6.54 Å². The molecule has 0 aromatic rings. The second kappa shape index (κ2) is 5.14. The van der Waals surface area contributed by atoms with Crippen molar-refractivity contribution in [2.75, 3.05) is 6.54 Å². The highest BCUT2D eigenvalue weighted by molar-refractivity contribution is 5.80. The molecule has 0 aliphatic heterocycles. The van der Waals surface area contributed by atoms with Crippen LogP contribution in [0.2, 0.25) is 0 Å². The number of hydrogen-bond acceptors (Lipinski definition) is 2. The van der Waals surface area contributed by atoms with Gasteiger partial charge in [0.1, 0.15) is 0 Å². The normalized spacial score (nSPS) is 15.8. The Morgan fingerprint density at radius 1 is 1.33 bits per heavy atom. The van der Waals surface area contributed by atoms with Gasteiger partial charge in [-0.05, 0) is 18.8 Å². The van der Waals surface area contributed by atoms with Gasteiger partial charge >= 0.3 is 0 Å². The molecule has 0 spiro atoms. The molecule has 72 valence electrons. The van der Waals surface area contributed by atoms with Crippen LogP contribution in [0.4, 0.5) is 0 Å². The van der Waals surface area contributed by atoms with Crippen LogP contribution in [0.5, 0.6) is 0 Å². The average Bonchev–Trinajstić information content (AvgIpc) is 1.98. The van der Waals surface area contributed by atoms with E-state index in [-0.39, 0.29) is 5.91 Å². The van der Waals surface area contributed by atoms with Crippen molar-refractivity contribution < 1.29 is 4.79 Å². The molecule has 3 N–H and O–H groups in total. The number of carbonyl (C=O) groups excluding carboxylic acids is 1. The summed E-state index contributed by atoms with van der Waals surface area (Å²) in [7, 11) is 0. The molecule has 0 rings (SSSR count). The fraction of sp³-hybridized carbons (Fsp3) is 0.889. The Kier molecular flexibility index (Phi) is 4.90. The monoisotopic (exact) mass is 172 g/mol. The van der Waals surface area contributed by atoms with Crippen LogP contribution in [0, 0.1) is 11.8 Å². The molecule has 0 aliphatic carbocycles. The maximum atomic E-state index is 11.0. The van der Waals surface area contributed by atoms with Gasteiger partial charge in [0.05, 0.1) is 6.04 Å². The van der Waals surface area contributed by atoms with Gasteiger partial charge in [-0.2, -0.15) is 0 Å². The van der Waals surface area contributed by atoms with E-state index < -0.39 is 6.04 Å². The topological polar surface area (TPSA) is 55.1 Å². The van der Waals surface area contributed by atoms with Crippen LogP contribution in [0.1, 0.15) is 27.7 Å². The van der Waals surface area contributed by atoms with E-state index in [1.165, 1.54) is 0 Å². The largest absolute Gasteiger partial charge is 0.354 e. The maximum Gasteiger partial charge on any atom is 0.236 e. The predicted molar refractivity (Wildman–Crippen MR) is 50.7 cm³/mol. The number of rotatable bonds is 4. The molecule has 0 fully saturated rings. The summed E-state index contributed by atoms with van der Waals surface area (Å²) >= 11 is 0. The number of nitrogens with one attached hydrogen (secondary N) is 1. The lowest BCUT2D eigenvalue weighted by Gasteiger charge is -2.16. The molecule has 0 bridgehead atoms. The summed E-state index contributed by atoms with van der Waals surface area (Å²) < 4.78 is 0. The van der Waals surface area contributed by atoms with Crippen molar-refractivity contribution in [3.05, 3.63) is 0 Å². The van der Waals surface area contributed by atoms with Crippen molar-refractivity contribution in [1.29, 1.82) is 0 Å². The molecule has 0 saturated heterocycles. The van der Waals surface area contributed by atoms with Gasteiger partial charge in [-0.1, -0.05) is 20.8 Å². The highest BCUT2D eigenvalue weighted by Crippen LogP contribution is 2.07. The lowest BCUT2D eigenvalue weighted by Crippen LogP contribution is -2.40. The van der Waals surface area contributed by atoms with Gasteiger partial charge in [0, 0.05) is 6.54 Å². The molecule has 0 saturated carbocycles. The van der Waals surface area contributed by atoms with Crippen LogP contribution in [-0.4, -0.2) is 18.5 Å². The van der Waals surface area contributed by atoms with E-state index in [4.69, 9.17) is 5.73 Å². The van der Waals surface area contributed by atoms with Gasteiger partial charge in [-0.3, -0.25) is 4.79 Å². The lowest BCUT2D eigenvalue weighted by atomic mass is 9.98. The number of nitrogens with two attached hydrogens (primary N) is 1. The third kappa shape index (κ3) is 4.34. The summed E-state index contributed by atoms with van der Waals surface area (Å²) in [6, 6.07) is -0.399. The number of hydrogen-bond donors (Lipinski definition) is 2. The van der Waals surface area contributed by atoms with Crippen LogP contribution in [0.15, 0.2) is 0 Å². The van der Waals surface area contributed by atoms with Crippen LogP contribution in [-0.2, 0) is 4.79 Å². The fourth-order valence-electron chi connectivity index (χ4n) is 0.658. The third-order valence-corrected chi connectivity index (χ3v) is 2.15. The SMILES string of the molecule is CC(N)C(=O)NCC(C)C(C)C. The van der Waals surface area contributed by atoms with E-state index in [1.807, 2.05) is 0 Å². The Balaban J connectivity index is 3.61. The first-order chi connectivity index (χ1) is 5.45. The van der Waals surface area contributed by atoms with E-state index in [0.29, 0.717) is 11.8 Å². The van der Waals surface area contributed by atoms with Gasteiger partial charge in [0.15, 0.2) is 0 Å². The summed E-state index contributed by atoms with van der Waals surface area (Å²) in [6.07, 6.45) is 0. The van der Waals surface area contributed by atoms with Gasteiger partial charge < -0.3 is 11.1 Å². The van der Waals surface area contributed by atoms with Gasteiger partial charge in [-0.25, -0.2) is 0 Å². The highest BCUT2D eigenvalue weighted by Gasteiger charge is 2.10. The van der Waals surface area contributed by atoms with E-state index >= 15 is 0 Å². The van der Waals surface area contributed by atoms with Crippen LogP contribution in [0.3, 0.4) is 0 Å². The minimum Gasteiger partial charge on any atom is -0.354 e. The Morgan fingerprint density at radius 2 is 1.83 bits per heavy atom. The van der Waals surface area contributed by atoms with Gasteiger partial charge in [0.25, 0.3) is 0 Å². The molecular formula is C9H20N2O. The zero-order chi connectivity index (χ0) is 9.72. The first kappa shape index (κ1) is 11.4. The maximum absolute atomic E-state index is 11.0. The smallest absolute Gasteiger partial charge is 0.236 e. The van der Waals surface area contributed by atoms with E-state index in [9.17, 15) is 4.79 Å². The summed E-state index contributed by atoms with van der Waals surface area (Å²) in [5, 5.41) is 2.80. The molecule has 3 nitrogen and oxygen atoms in total. The predicted octanol–water partition coefficient (Wildman–Crippen LogP) is 0.742. The second-order valence-corrected chi connectivity index (χ2v) is 3.76. The molecule has 2 atom stereocenters. The van der Waals surface area contributed by atoms with Crippen molar-refractivity contribution in [3.8, 4) is 0 Å². The number of amides is 1. The van der Waals surface area contributed by atoms with Crippen LogP contribution >= 0.6 is 0 Å². The second-order valence-electron chi connectivity index (χ2n) is 3.76. The van der Waals surface area contributed by atoms with Crippen molar-refractivity contribution in [2.24, 2.45) is 17.6 Å². The fourth-order valence-corrected chi connectivity index (χ4v) is 0.658. The summed E-state index contributed by atoms with van der Waals surface area (Å²) in [4.78, 5) is 11.0. The molecule has 0 heterocycles. The van der Waals surface area contributed by atoms with E-state index in [1.54, 1.807) is 6.92 Å². The molecule has 0 aromatic carbocycles. The zero-order valence-electron chi connectivity index (χ0n) is 8.42. The third-order valence-electron chi connectivity index (χ3n) is 2.15. The minimum absolute atomic E-state index is 0.0671. The van der Waals surface area contributed by atoms with Crippen molar-refractivity contribution in [2.45, 2.75) is 33.7 Å². The van der Waals surface area contributed by atoms with Crippen molar-refractivity contribution >= 4 is 5.91 Å². The molecule has 3 heteroatoms. The van der Waals surface area contributed by atoms with Crippen LogP contribution in [0.25, 0.3) is 0 Å². The summed E-state index contributed by atoms with van der Waals surface area (Å²) in [5.74, 6) is 1.04. The standard InChI is InChI=1S/C9H20N2O/c1-6(2)7(3)5-11-9(12)8(4)10/h6-8H,5,10H2,1-4H3,(H,11,12). The molecule has 0 radical (unpaired) electrons. The Bertz CT molecular complexity index is 143. The summed E-state index contributed by atoms with van der Waals surface area (Å²) in [6.45, 7) is 8.81. The van der Waals surface area contributed by atoms with Crippen molar-refractivity contribution in [1.82, 2.24) is 5.32 Å². The Hall–Kier alpha value is -0.570. The lowest BCUT2D eigenvalue weighted by molar-refractivity contribution is -0.122. The molecule has 1 amide bonds. The average molecular weight is 172 g/mol. The quantitative estimate of drug-likeness (QED) is 0.657. The van der Waals surface area contributed by atoms with Gasteiger partial charge in [-0.15, -0.1) is 0 Å². The Labute approximate surface area is 74.7 Å². The molecule has 12 heavy (non-hydrogen) atoms. The van der Waals surface area contributed by atoms with Crippen LogP contribution < -0.4 is 11.1 Å². The Morgan fingerprint density at radius 3 is 2.17 bits per heavy atom. The highest BCUT2D eigenvalue weighted by atomic mass is 16.2.